The van der Waals surface area contributed by atoms with Crippen molar-refractivity contribution in [3.05, 3.63) is 0 Å². The van der Waals surface area contributed by atoms with E-state index in [0.29, 0.717) is 10.8 Å². The van der Waals surface area contributed by atoms with Crippen LogP contribution in [0, 0.1) is 34.5 Å². The van der Waals surface area contributed by atoms with Gasteiger partial charge in [0, 0.05) is 0 Å². The van der Waals surface area contributed by atoms with Gasteiger partial charge in [0.1, 0.15) is 0 Å². The molecule has 4 heteroatoms. The molecule has 4 unspecified atom stereocenters. The summed E-state index contributed by atoms with van der Waals surface area (Å²) < 4.78 is 2.23. The van der Waals surface area contributed by atoms with E-state index in [0.717, 1.165) is 32.6 Å². The summed E-state index contributed by atoms with van der Waals surface area (Å²) >= 11 is 0. The van der Waals surface area contributed by atoms with Gasteiger partial charge in [-0.2, -0.15) is 0 Å². The van der Waals surface area contributed by atoms with Crippen molar-refractivity contribution in [2.45, 2.75) is 145 Å². The van der Waals surface area contributed by atoms with Gasteiger partial charge >= 0.3 is 0 Å². The van der Waals surface area contributed by atoms with E-state index in [1.165, 1.54) is 103 Å². The molecule has 4 atom stereocenters. The molecule has 0 spiro atoms. The zero-order chi connectivity index (χ0) is 29.6. The highest BCUT2D eigenvalue weighted by Gasteiger charge is 2.37. The van der Waals surface area contributed by atoms with Crippen LogP contribution in [0.3, 0.4) is 0 Å². The average molecular weight is 610 g/mol. The maximum absolute atomic E-state index is 2.49. The van der Waals surface area contributed by atoms with Gasteiger partial charge in [0.15, 0.2) is 0 Å². The summed E-state index contributed by atoms with van der Waals surface area (Å²) in [6, 6.07) is 0. The van der Waals surface area contributed by atoms with Crippen LogP contribution in [0.1, 0.15) is 145 Å². The Bertz CT molecular complexity index is 537. The molecule has 2 rings (SSSR count). The maximum atomic E-state index is 2.49. The highest BCUT2D eigenvalue weighted by molar-refractivity contribution is 4.87. The molecule has 0 aromatic heterocycles. The monoisotopic (exact) mass is 609 g/mol. The molecular weight excluding hydrogens is 531 g/mol. The summed E-state index contributed by atoms with van der Waals surface area (Å²) in [5.41, 5.74) is 1.17. The van der Waals surface area contributed by atoms with Crippen LogP contribution in [-0.4, -0.2) is 64.3 Å². The molecule has 2 saturated carbocycles. The van der Waals surface area contributed by atoms with Gasteiger partial charge in [-0.3, -0.25) is 0 Å². The Labute approximate surface area is 268 Å². The Kier molecular flexibility index (Phi) is 23.9. The van der Waals surface area contributed by atoms with E-state index < -0.39 is 0 Å². The van der Waals surface area contributed by atoms with Crippen LogP contribution >= 0.6 is 0 Å². The van der Waals surface area contributed by atoms with E-state index in [9.17, 15) is 0 Å². The minimum absolute atomic E-state index is 0. The van der Waals surface area contributed by atoms with Gasteiger partial charge in [0.25, 0.3) is 0 Å². The molecule has 2 fully saturated rings. The van der Waals surface area contributed by atoms with Gasteiger partial charge in [-0.25, -0.2) is 0 Å². The lowest BCUT2D eigenvalue weighted by Gasteiger charge is -2.43. The number of halogens is 2. The van der Waals surface area contributed by atoms with Crippen LogP contribution < -0.4 is 24.8 Å². The molecule has 2 nitrogen and oxygen atoms in total. The van der Waals surface area contributed by atoms with Crippen molar-refractivity contribution in [3.8, 4) is 0 Å². The first-order chi connectivity index (χ1) is 17.4. The SMILES string of the molecule is CC1CCCC(C)(C)C1CCC[N+](C)(C)C.CC1CCCC(C)(C)C1CCC[N+](C)(C)C.CCCCCC.[Cl-].[Cl-]. The zero-order valence-electron chi connectivity index (χ0n) is 30.3. The minimum Gasteiger partial charge on any atom is -1.00 e. The minimum atomic E-state index is 0. The Morgan fingerprint density at radius 1 is 0.550 bits per heavy atom. The van der Waals surface area contributed by atoms with Crippen LogP contribution in [0.2, 0.25) is 0 Å². The molecule has 0 saturated heterocycles. The van der Waals surface area contributed by atoms with E-state index in [1.54, 1.807) is 0 Å². The molecule has 0 N–H and O–H groups in total. The van der Waals surface area contributed by atoms with E-state index in [4.69, 9.17) is 0 Å². The molecule has 0 radical (unpaired) electrons. The summed E-state index contributed by atoms with van der Waals surface area (Å²) in [5, 5.41) is 0. The van der Waals surface area contributed by atoms with E-state index in [2.05, 4.69) is 97.7 Å². The van der Waals surface area contributed by atoms with E-state index in [1.807, 2.05) is 0 Å². The summed E-state index contributed by atoms with van der Waals surface area (Å²) in [6.45, 7) is 22.0. The average Bonchev–Trinajstić information content (AvgIpc) is 2.75. The fourth-order valence-corrected chi connectivity index (χ4v) is 7.49. The van der Waals surface area contributed by atoms with Crippen LogP contribution in [0.15, 0.2) is 0 Å². The molecule has 0 aromatic carbocycles. The molecule has 0 aliphatic heterocycles. The number of hydrogen-bond donors (Lipinski definition) is 0. The second kappa shape index (κ2) is 21.2. The standard InChI is InChI=1S/2C15H32N.C6H14.2ClH/c2*1-13-9-7-11-15(2,3)14(13)10-8-12-16(4,5)6;1-3-5-6-4-2;;/h2*13-14H,7-12H2,1-6H3;3-6H2,1-2H3;2*1H/q2*+1;;;/p-2. The Balaban J connectivity index is -0.000000548. The number of rotatable bonds is 11. The fraction of sp³-hybridized carbons (Fsp3) is 1.00. The second-order valence-electron chi connectivity index (χ2n) is 16.9. The van der Waals surface area contributed by atoms with E-state index >= 15 is 0 Å². The summed E-state index contributed by atoms with van der Waals surface area (Å²) in [4.78, 5) is 0. The predicted molar refractivity (Wildman–Crippen MR) is 175 cm³/mol. The first-order valence-electron chi connectivity index (χ1n) is 17.0. The molecule has 2 aliphatic rings. The second-order valence-corrected chi connectivity index (χ2v) is 16.9. The van der Waals surface area contributed by atoms with Crippen molar-refractivity contribution in [1.29, 1.82) is 0 Å². The molecule has 2 aliphatic carbocycles. The Morgan fingerprint density at radius 2 is 0.850 bits per heavy atom. The zero-order valence-corrected chi connectivity index (χ0v) is 31.8. The van der Waals surface area contributed by atoms with Crippen molar-refractivity contribution in [2.75, 3.05) is 55.4 Å². The van der Waals surface area contributed by atoms with Crippen molar-refractivity contribution < 1.29 is 33.8 Å². The molecule has 246 valence electrons. The molecule has 0 bridgehead atoms. The lowest BCUT2D eigenvalue weighted by Crippen LogP contribution is -3.00. The highest BCUT2D eigenvalue weighted by Crippen LogP contribution is 2.47. The third-order valence-corrected chi connectivity index (χ3v) is 9.99. The van der Waals surface area contributed by atoms with Crippen LogP contribution in [0.5, 0.6) is 0 Å². The van der Waals surface area contributed by atoms with Gasteiger partial charge in [-0.05, 0) is 73.0 Å². The first-order valence-corrected chi connectivity index (χ1v) is 17.0. The topological polar surface area (TPSA) is 0 Å². The molecule has 0 heterocycles. The predicted octanol–water partition coefficient (Wildman–Crippen LogP) is 4.47. The largest absolute Gasteiger partial charge is 1.00 e. The van der Waals surface area contributed by atoms with Gasteiger partial charge in [-0.1, -0.05) is 107 Å². The lowest BCUT2D eigenvalue weighted by atomic mass is 9.63. The molecule has 0 aromatic rings. The molecular formula is C36H78Cl2N2. The van der Waals surface area contributed by atoms with Gasteiger partial charge in [0.05, 0.1) is 55.4 Å². The van der Waals surface area contributed by atoms with Gasteiger partial charge in [-0.15, -0.1) is 0 Å². The first kappa shape index (κ1) is 44.9. The van der Waals surface area contributed by atoms with Crippen molar-refractivity contribution >= 4 is 0 Å². The van der Waals surface area contributed by atoms with Crippen molar-refractivity contribution in [3.63, 3.8) is 0 Å². The summed E-state index contributed by atoms with van der Waals surface area (Å²) in [5.74, 6) is 3.79. The number of nitrogens with zero attached hydrogens (tertiary/aromatic N) is 2. The lowest BCUT2D eigenvalue weighted by molar-refractivity contribution is -0.870. The summed E-state index contributed by atoms with van der Waals surface area (Å²) in [7, 11) is 13.8. The highest BCUT2D eigenvalue weighted by atomic mass is 35.5. The third kappa shape index (κ3) is 20.4. The number of quaternary nitrogens is 2. The van der Waals surface area contributed by atoms with Crippen LogP contribution in [0.4, 0.5) is 0 Å². The van der Waals surface area contributed by atoms with Crippen LogP contribution in [-0.2, 0) is 0 Å². The third-order valence-electron chi connectivity index (χ3n) is 9.99. The quantitative estimate of drug-likeness (QED) is 0.240. The van der Waals surface area contributed by atoms with Crippen LogP contribution in [0.25, 0.3) is 0 Å². The van der Waals surface area contributed by atoms with Gasteiger partial charge < -0.3 is 33.8 Å². The number of unbranched alkanes of at least 4 members (excludes halogenated alkanes) is 3. The van der Waals surface area contributed by atoms with Gasteiger partial charge in [0.2, 0.25) is 0 Å². The Morgan fingerprint density at radius 3 is 1.07 bits per heavy atom. The molecule has 0 amide bonds. The molecule has 40 heavy (non-hydrogen) atoms. The summed E-state index contributed by atoms with van der Waals surface area (Å²) in [6.07, 6.45) is 19.9. The number of hydrogen-bond acceptors (Lipinski definition) is 0. The van der Waals surface area contributed by atoms with E-state index in [-0.39, 0.29) is 24.8 Å². The maximum Gasteiger partial charge on any atom is 0.0780 e. The Hall–Kier alpha value is 0.500. The van der Waals surface area contributed by atoms with Crippen molar-refractivity contribution in [1.82, 2.24) is 0 Å². The normalized spacial score (nSPS) is 25.6. The van der Waals surface area contributed by atoms with Crippen molar-refractivity contribution in [2.24, 2.45) is 34.5 Å². The smallest absolute Gasteiger partial charge is 0.0780 e. The fourth-order valence-electron chi connectivity index (χ4n) is 7.49.